The first-order valence-corrected chi connectivity index (χ1v) is 9.36. The van der Waals surface area contributed by atoms with E-state index in [-0.39, 0.29) is 11.5 Å². The van der Waals surface area contributed by atoms with Gasteiger partial charge in [-0.3, -0.25) is 4.57 Å². The predicted molar refractivity (Wildman–Crippen MR) is 102 cm³/mol. The summed E-state index contributed by atoms with van der Waals surface area (Å²) in [7, 11) is 1.53. The number of hydrogen-bond donors (Lipinski definition) is 1. The van der Waals surface area contributed by atoms with Crippen LogP contribution in [0.25, 0.3) is 5.69 Å². The molecule has 0 fully saturated rings. The van der Waals surface area contributed by atoms with Crippen molar-refractivity contribution in [2.24, 2.45) is 0 Å². The molecule has 158 valence electrons. The van der Waals surface area contributed by atoms with Gasteiger partial charge in [-0.25, -0.2) is 0 Å². The van der Waals surface area contributed by atoms with Gasteiger partial charge in [0.1, 0.15) is 18.0 Å². The third-order valence-corrected chi connectivity index (χ3v) is 5.27. The number of rotatable bonds is 3. The maximum Gasteiger partial charge on any atom is 0.452 e. The number of alkyl halides is 3. The number of hydrogen-bond acceptors (Lipinski definition) is 5. The van der Waals surface area contributed by atoms with Crippen molar-refractivity contribution in [3.63, 3.8) is 0 Å². The van der Waals surface area contributed by atoms with Gasteiger partial charge in [0.15, 0.2) is 5.82 Å². The Labute approximate surface area is 174 Å². The van der Waals surface area contributed by atoms with Crippen molar-refractivity contribution in [3.05, 3.63) is 69.8 Å². The SMILES string of the molecule is COc1cccc([C@H]2O[C@H](CO)c3nnc(C(F)(F)F)n3-c3ccc(Cl)cc32)c1C. The number of benzene rings is 2. The molecule has 4 rings (SSSR count). The number of methoxy groups -OCH3 is 1. The van der Waals surface area contributed by atoms with Crippen LogP contribution < -0.4 is 4.74 Å². The molecule has 0 aliphatic carbocycles. The molecule has 0 radical (unpaired) electrons. The van der Waals surface area contributed by atoms with Gasteiger partial charge >= 0.3 is 6.18 Å². The van der Waals surface area contributed by atoms with E-state index < -0.39 is 30.8 Å². The minimum absolute atomic E-state index is 0.142. The second-order valence-electron chi connectivity index (χ2n) is 6.78. The van der Waals surface area contributed by atoms with Gasteiger partial charge < -0.3 is 14.6 Å². The molecule has 3 aromatic rings. The van der Waals surface area contributed by atoms with Crippen LogP contribution in [-0.2, 0) is 10.9 Å². The maximum absolute atomic E-state index is 13.7. The molecule has 30 heavy (non-hydrogen) atoms. The molecule has 0 amide bonds. The summed E-state index contributed by atoms with van der Waals surface area (Å²) in [5, 5.41) is 17.2. The molecule has 1 aliphatic heterocycles. The van der Waals surface area contributed by atoms with Gasteiger partial charge in [-0.15, -0.1) is 10.2 Å². The van der Waals surface area contributed by atoms with Gasteiger partial charge in [0.05, 0.1) is 19.4 Å². The fourth-order valence-electron chi connectivity index (χ4n) is 3.67. The minimum Gasteiger partial charge on any atom is -0.496 e. The highest BCUT2D eigenvalue weighted by atomic mass is 35.5. The third kappa shape index (κ3) is 3.32. The number of halogens is 4. The maximum atomic E-state index is 13.7. The number of aliphatic hydroxyl groups excluding tert-OH is 1. The van der Waals surface area contributed by atoms with Crippen LogP contribution >= 0.6 is 11.6 Å². The van der Waals surface area contributed by atoms with Gasteiger partial charge in [-0.2, -0.15) is 13.2 Å². The van der Waals surface area contributed by atoms with Gasteiger partial charge in [0.2, 0.25) is 5.82 Å². The van der Waals surface area contributed by atoms with E-state index in [2.05, 4.69) is 10.2 Å². The average molecular weight is 440 g/mol. The van der Waals surface area contributed by atoms with Crippen LogP contribution in [0.2, 0.25) is 5.02 Å². The molecule has 0 saturated carbocycles. The molecule has 0 spiro atoms. The molecule has 0 unspecified atom stereocenters. The van der Waals surface area contributed by atoms with Crippen LogP contribution in [0.1, 0.15) is 40.5 Å². The summed E-state index contributed by atoms with van der Waals surface area (Å²) >= 11 is 6.19. The minimum atomic E-state index is -4.76. The third-order valence-electron chi connectivity index (χ3n) is 5.04. The van der Waals surface area contributed by atoms with E-state index in [4.69, 9.17) is 21.1 Å². The van der Waals surface area contributed by atoms with E-state index in [1.54, 1.807) is 24.3 Å². The van der Waals surface area contributed by atoms with E-state index >= 15 is 0 Å². The Morgan fingerprint density at radius 1 is 1.20 bits per heavy atom. The van der Waals surface area contributed by atoms with E-state index in [1.807, 2.05) is 6.92 Å². The van der Waals surface area contributed by atoms with Gasteiger partial charge in [-0.1, -0.05) is 23.7 Å². The highest BCUT2D eigenvalue weighted by Gasteiger charge is 2.43. The van der Waals surface area contributed by atoms with Crippen molar-refractivity contribution in [3.8, 4) is 11.4 Å². The van der Waals surface area contributed by atoms with Gasteiger partial charge in [0, 0.05) is 10.6 Å². The lowest BCUT2D eigenvalue weighted by molar-refractivity contribution is -0.146. The second-order valence-corrected chi connectivity index (χ2v) is 7.22. The van der Waals surface area contributed by atoms with E-state index in [1.165, 1.54) is 19.2 Å². The smallest absolute Gasteiger partial charge is 0.452 e. The first-order valence-electron chi connectivity index (χ1n) is 8.98. The molecule has 1 N–H and O–H groups in total. The number of ether oxygens (including phenoxy) is 2. The van der Waals surface area contributed by atoms with Crippen molar-refractivity contribution in [1.82, 2.24) is 14.8 Å². The summed E-state index contributed by atoms with van der Waals surface area (Å²) in [5.41, 5.74) is 1.99. The lowest BCUT2D eigenvalue weighted by atomic mass is 9.95. The Morgan fingerprint density at radius 2 is 1.97 bits per heavy atom. The van der Waals surface area contributed by atoms with Crippen molar-refractivity contribution in [2.75, 3.05) is 13.7 Å². The molecule has 2 heterocycles. The molecule has 10 heteroatoms. The van der Waals surface area contributed by atoms with Crippen LogP contribution in [-0.4, -0.2) is 33.6 Å². The molecule has 0 saturated heterocycles. The molecule has 6 nitrogen and oxygen atoms in total. The van der Waals surface area contributed by atoms with E-state index in [0.29, 0.717) is 21.9 Å². The highest BCUT2D eigenvalue weighted by molar-refractivity contribution is 6.30. The van der Waals surface area contributed by atoms with Gasteiger partial charge in [-0.05, 0) is 42.3 Å². The second kappa shape index (κ2) is 7.57. The van der Waals surface area contributed by atoms with Crippen LogP contribution in [0.5, 0.6) is 5.75 Å². The summed E-state index contributed by atoms with van der Waals surface area (Å²) in [6.07, 6.45) is -6.72. The quantitative estimate of drug-likeness (QED) is 0.654. The zero-order chi connectivity index (χ0) is 21.6. The Balaban J connectivity index is 2.02. The standard InChI is InChI=1S/C20H17ClF3N3O3/c1-10-12(4-3-5-15(10)29-2)17-13-8-11(21)6-7-14(13)27-18(16(9-28)30-17)25-26-19(27)20(22,23)24/h3-8,16-17,28H,9H2,1-2H3/t16-,17-/m1/s1. The zero-order valence-electron chi connectivity index (χ0n) is 15.9. The van der Waals surface area contributed by atoms with Crippen LogP contribution in [0.4, 0.5) is 13.2 Å². The largest absolute Gasteiger partial charge is 0.496 e. The lowest BCUT2D eigenvalue weighted by Crippen LogP contribution is -2.17. The van der Waals surface area contributed by atoms with E-state index in [0.717, 1.165) is 10.1 Å². The molecule has 0 bridgehead atoms. The molecule has 2 atom stereocenters. The van der Waals surface area contributed by atoms with Crippen molar-refractivity contribution in [1.29, 1.82) is 0 Å². The lowest BCUT2D eigenvalue weighted by Gasteiger charge is -2.24. The summed E-state index contributed by atoms with van der Waals surface area (Å²) in [6, 6.07) is 9.82. The molecule has 1 aromatic heterocycles. The van der Waals surface area contributed by atoms with Crippen molar-refractivity contribution < 1.29 is 27.8 Å². The Morgan fingerprint density at radius 3 is 2.63 bits per heavy atom. The molecular weight excluding hydrogens is 423 g/mol. The van der Waals surface area contributed by atoms with Gasteiger partial charge in [0.25, 0.3) is 0 Å². The fraction of sp³-hybridized carbons (Fsp3) is 0.300. The highest BCUT2D eigenvalue weighted by Crippen LogP contribution is 2.44. The normalized spacial score (nSPS) is 18.5. The predicted octanol–water partition coefficient (Wildman–Crippen LogP) is 4.41. The number of aromatic nitrogens is 3. The summed E-state index contributed by atoms with van der Waals surface area (Å²) in [5.74, 6) is -0.748. The first kappa shape index (κ1) is 20.6. The zero-order valence-corrected chi connectivity index (χ0v) is 16.7. The summed E-state index contributed by atoms with van der Waals surface area (Å²) in [4.78, 5) is 0. The van der Waals surface area contributed by atoms with Crippen LogP contribution in [0, 0.1) is 6.92 Å². The number of fused-ring (bicyclic) bond motifs is 3. The number of nitrogens with zero attached hydrogens (tertiary/aromatic N) is 3. The fourth-order valence-corrected chi connectivity index (χ4v) is 3.85. The number of aliphatic hydroxyl groups is 1. The van der Waals surface area contributed by atoms with Crippen LogP contribution in [0.3, 0.4) is 0 Å². The van der Waals surface area contributed by atoms with Crippen molar-refractivity contribution >= 4 is 11.6 Å². The Bertz CT molecular complexity index is 1100. The van der Waals surface area contributed by atoms with Crippen molar-refractivity contribution in [2.45, 2.75) is 25.3 Å². The Hall–Kier alpha value is -2.62. The summed E-state index contributed by atoms with van der Waals surface area (Å²) in [6.45, 7) is 1.24. The van der Waals surface area contributed by atoms with E-state index in [9.17, 15) is 18.3 Å². The Kier molecular flexibility index (Phi) is 5.21. The summed E-state index contributed by atoms with van der Waals surface area (Å²) < 4.78 is 53.3. The monoisotopic (exact) mass is 439 g/mol. The molecular formula is C20H17ClF3N3O3. The molecule has 1 aliphatic rings. The average Bonchev–Trinajstić information content (AvgIpc) is 3.10. The molecule has 2 aromatic carbocycles. The van der Waals surface area contributed by atoms with Crippen LogP contribution in [0.15, 0.2) is 36.4 Å². The topological polar surface area (TPSA) is 69.4 Å². The first-order chi connectivity index (χ1) is 14.3.